The lowest BCUT2D eigenvalue weighted by molar-refractivity contribution is 0.0999. The highest BCUT2D eigenvalue weighted by molar-refractivity contribution is 6.19. The van der Waals surface area contributed by atoms with E-state index in [4.69, 9.17) is 4.42 Å². The number of carbonyl (C=O) groups is 2. The minimum absolute atomic E-state index is 0.0583. The van der Waals surface area contributed by atoms with Gasteiger partial charge < -0.3 is 15.1 Å². The van der Waals surface area contributed by atoms with E-state index in [2.05, 4.69) is 10.6 Å². The van der Waals surface area contributed by atoms with Crippen molar-refractivity contribution in [1.29, 1.82) is 0 Å². The SMILES string of the molecule is Cc1ccc(NC(=O)c2oc3ccccc3c2NC(=O)c2cccc3ccccc23)cc1C. The molecule has 0 saturated carbocycles. The molecule has 0 radical (unpaired) electrons. The number of anilines is 2. The van der Waals surface area contributed by atoms with E-state index in [9.17, 15) is 9.59 Å². The van der Waals surface area contributed by atoms with Crippen molar-refractivity contribution in [2.45, 2.75) is 13.8 Å². The number of aryl methyl sites for hydroxylation is 2. The Kier molecular flexibility index (Phi) is 5.15. The highest BCUT2D eigenvalue weighted by Gasteiger charge is 2.23. The van der Waals surface area contributed by atoms with E-state index in [1.165, 1.54) is 0 Å². The van der Waals surface area contributed by atoms with Gasteiger partial charge in [0.15, 0.2) is 0 Å². The van der Waals surface area contributed by atoms with Crippen molar-refractivity contribution in [2.75, 3.05) is 10.6 Å². The molecule has 0 fully saturated rings. The minimum atomic E-state index is -0.428. The second kappa shape index (κ2) is 8.28. The summed E-state index contributed by atoms with van der Waals surface area (Å²) < 4.78 is 5.88. The summed E-state index contributed by atoms with van der Waals surface area (Å²) in [5, 5.41) is 8.29. The molecule has 0 saturated heterocycles. The Labute approximate surface area is 191 Å². The van der Waals surface area contributed by atoms with Crippen LogP contribution in [0.2, 0.25) is 0 Å². The molecule has 2 amide bonds. The van der Waals surface area contributed by atoms with E-state index in [0.717, 1.165) is 21.9 Å². The maximum Gasteiger partial charge on any atom is 0.293 e. The molecule has 5 nitrogen and oxygen atoms in total. The largest absolute Gasteiger partial charge is 0.449 e. The summed E-state index contributed by atoms with van der Waals surface area (Å²) in [7, 11) is 0. The van der Waals surface area contributed by atoms with Gasteiger partial charge in [0, 0.05) is 16.6 Å². The Morgan fingerprint density at radius 2 is 1.42 bits per heavy atom. The summed E-state index contributed by atoms with van der Waals surface area (Å²) >= 11 is 0. The molecule has 5 rings (SSSR count). The van der Waals surface area contributed by atoms with E-state index in [-0.39, 0.29) is 11.7 Å². The highest BCUT2D eigenvalue weighted by Crippen LogP contribution is 2.32. The van der Waals surface area contributed by atoms with Crippen LogP contribution in [0, 0.1) is 13.8 Å². The molecule has 4 aromatic carbocycles. The second-order valence-electron chi connectivity index (χ2n) is 8.04. The van der Waals surface area contributed by atoms with Crippen molar-refractivity contribution in [3.05, 3.63) is 107 Å². The lowest BCUT2D eigenvalue weighted by Crippen LogP contribution is -2.17. The number of rotatable bonds is 4. The lowest BCUT2D eigenvalue weighted by atomic mass is 10.0. The first kappa shape index (κ1) is 20.5. The Bertz CT molecular complexity index is 1530. The van der Waals surface area contributed by atoms with Crippen molar-refractivity contribution < 1.29 is 14.0 Å². The van der Waals surface area contributed by atoms with Gasteiger partial charge in [-0.1, -0.05) is 54.6 Å². The van der Waals surface area contributed by atoms with Crippen molar-refractivity contribution >= 4 is 44.9 Å². The average Bonchev–Trinajstić information content (AvgIpc) is 3.19. The van der Waals surface area contributed by atoms with Crippen molar-refractivity contribution in [1.82, 2.24) is 0 Å². The van der Waals surface area contributed by atoms with Crippen LogP contribution in [0.5, 0.6) is 0 Å². The Hall–Kier alpha value is -4.38. The number of amides is 2. The van der Waals surface area contributed by atoms with Crippen molar-refractivity contribution in [3.8, 4) is 0 Å². The second-order valence-corrected chi connectivity index (χ2v) is 8.04. The fraction of sp³-hybridized carbons (Fsp3) is 0.0714. The number of benzene rings is 4. The maximum atomic E-state index is 13.3. The number of fused-ring (bicyclic) bond motifs is 2. The molecule has 0 atom stereocenters. The monoisotopic (exact) mass is 434 g/mol. The van der Waals surface area contributed by atoms with E-state index in [0.29, 0.717) is 27.9 Å². The smallest absolute Gasteiger partial charge is 0.293 e. The van der Waals surface area contributed by atoms with Crippen molar-refractivity contribution in [3.63, 3.8) is 0 Å². The van der Waals surface area contributed by atoms with E-state index >= 15 is 0 Å². The molecule has 2 N–H and O–H groups in total. The fourth-order valence-corrected chi connectivity index (χ4v) is 3.94. The normalized spacial score (nSPS) is 11.0. The molecule has 5 aromatic rings. The summed E-state index contributed by atoms with van der Waals surface area (Å²) in [5.74, 6) is -0.677. The Morgan fingerprint density at radius 1 is 0.697 bits per heavy atom. The molecule has 5 heteroatoms. The van der Waals surface area contributed by atoms with E-state index in [1.54, 1.807) is 12.1 Å². The standard InChI is InChI=1S/C28H22N2O3/c1-17-14-15-20(16-18(17)2)29-28(32)26-25(23-11-5-6-13-24(23)33-26)30-27(31)22-12-7-9-19-8-3-4-10-21(19)22/h3-16H,1-2H3,(H,29,32)(H,30,31). The highest BCUT2D eigenvalue weighted by atomic mass is 16.3. The van der Waals surface area contributed by atoms with Gasteiger partial charge in [-0.15, -0.1) is 0 Å². The third-order valence-corrected chi connectivity index (χ3v) is 5.84. The van der Waals surface area contributed by atoms with Gasteiger partial charge in [0.05, 0.1) is 0 Å². The van der Waals surface area contributed by atoms with Crippen LogP contribution in [-0.4, -0.2) is 11.8 Å². The van der Waals surface area contributed by atoms with Crippen LogP contribution in [0.4, 0.5) is 11.4 Å². The summed E-state index contributed by atoms with van der Waals surface area (Å²) in [4.78, 5) is 26.5. The maximum absolute atomic E-state index is 13.3. The predicted octanol–water partition coefficient (Wildman–Crippen LogP) is 6.71. The van der Waals surface area contributed by atoms with E-state index in [1.807, 2.05) is 86.6 Å². The van der Waals surface area contributed by atoms with Gasteiger partial charge in [0.1, 0.15) is 11.3 Å². The Balaban J connectivity index is 1.53. The Morgan fingerprint density at radius 3 is 2.24 bits per heavy atom. The molecule has 0 aliphatic carbocycles. The quantitative estimate of drug-likeness (QED) is 0.330. The third-order valence-electron chi connectivity index (χ3n) is 5.84. The molecule has 1 heterocycles. The molecule has 33 heavy (non-hydrogen) atoms. The first-order chi connectivity index (χ1) is 16.0. The van der Waals surface area contributed by atoms with Crippen LogP contribution in [0.3, 0.4) is 0 Å². The van der Waals surface area contributed by atoms with Crippen LogP contribution < -0.4 is 10.6 Å². The lowest BCUT2D eigenvalue weighted by Gasteiger charge is -2.10. The van der Waals surface area contributed by atoms with Crippen LogP contribution in [-0.2, 0) is 0 Å². The first-order valence-electron chi connectivity index (χ1n) is 10.7. The predicted molar refractivity (Wildman–Crippen MR) is 132 cm³/mol. The van der Waals surface area contributed by atoms with Gasteiger partial charge >= 0.3 is 0 Å². The fourth-order valence-electron chi connectivity index (χ4n) is 3.94. The van der Waals surface area contributed by atoms with Gasteiger partial charge in [-0.05, 0) is 66.1 Å². The number of para-hydroxylation sites is 1. The number of hydrogen-bond donors (Lipinski definition) is 2. The molecule has 0 unspecified atom stereocenters. The summed E-state index contributed by atoms with van der Waals surface area (Å²) in [6.45, 7) is 4.00. The van der Waals surface area contributed by atoms with Gasteiger partial charge in [-0.2, -0.15) is 0 Å². The molecule has 162 valence electrons. The van der Waals surface area contributed by atoms with E-state index < -0.39 is 5.91 Å². The van der Waals surface area contributed by atoms with Crippen LogP contribution in [0.15, 0.2) is 89.3 Å². The minimum Gasteiger partial charge on any atom is -0.449 e. The average molecular weight is 434 g/mol. The zero-order chi connectivity index (χ0) is 22.9. The van der Waals surface area contributed by atoms with Crippen LogP contribution in [0.25, 0.3) is 21.7 Å². The molecular formula is C28H22N2O3. The van der Waals surface area contributed by atoms with Crippen molar-refractivity contribution in [2.24, 2.45) is 0 Å². The number of hydrogen-bond acceptors (Lipinski definition) is 3. The topological polar surface area (TPSA) is 71.3 Å². The molecule has 1 aromatic heterocycles. The van der Waals surface area contributed by atoms with Crippen LogP contribution in [0.1, 0.15) is 32.0 Å². The van der Waals surface area contributed by atoms with Gasteiger partial charge in [0.2, 0.25) is 5.76 Å². The number of carbonyl (C=O) groups excluding carboxylic acids is 2. The summed E-state index contributed by atoms with van der Waals surface area (Å²) in [6, 6.07) is 26.2. The number of furan rings is 1. The zero-order valence-corrected chi connectivity index (χ0v) is 18.3. The summed E-state index contributed by atoms with van der Waals surface area (Å²) in [5.41, 5.74) is 4.27. The zero-order valence-electron chi connectivity index (χ0n) is 18.3. The van der Waals surface area contributed by atoms with Gasteiger partial charge in [-0.25, -0.2) is 0 Å². The molecule has 0 aliphatic heterocycles. The first-order valence-corrected chi connectivity index (χ1v) is 10.7. The van der Waals surface area contributed by atoms with Crippen LogP contribution >= 0.6 is 0 Å². The molecular weight excluding hydrogens is 412 g/mol. The molecule has 0 spiro atoms. The molecule has 0 aliphatic rings. The third kappa shape index (κ3) is 3.85. The van der Waals surface area contributed by atoms with Gasteiger partial charge in [-0.3, -0.25) is 9.59 Å². The molecule has 0 bridgehead atoms. The summed E-state index contributed by atoms with van der Waals surface area (Å²) in [6.07, 6.45) is 0. The number of nitrogens with one attached hydrogen (secondary N) is 2. The van der Waals surface area contributed by atoms with Gasteiger partial charge in [0.25, 0.3) is 11.8 Å².